The molecule has 0 bridgehead atoms. The van der Waals surface area contributed by atoms with Crippen LogP contribution in [0.3, 0.4) is 0 Å². The van der Waals surface area contributed by atoms with Crippen LogP contribution in [0.2, 0.25) is 0 Å². The Balaban J connectivity index is 0.00000200. The van der Waals surface area contributed by atoms with Gasteiger partial charge in [0.2, 0.25) is 5.91 Å². The standard InChI is InChI=1S/C14H19BrN2O2.ClH/c1-17(14(18)11-6-7-16-10-11)8-9-19-13-4-2-12(15)3-5-13;/h2-5,11,16H,6-10H2,1H3;1H. The Kier molecular flexibility index (Phi) is 7.34. The summed E-state index contributed by atoms with van der Waals surface area (Å²) in [6.07, 6.45) is 0.941. The monoisotopic (exact) mass is 362 g/mol. The first-order valence-corrected chi connectivity index (χ1v) is 7.30. The molecule has 1 atom stereocenters. The minimum Gasteiger partial charge on any atom is -0.492 e. The molecule has 1 amide bonds. The molecule has 1 saturated heterocycles. The Morgan fingerprint density at radius 3 is 2.75 bits per heavy atom. The zero-order valence-corrected chi connectivity index (χ0v) is 13.9. The van der Waals surface area contributed by atoms with E-state index < -0.39 is 0 Å². The van der Waals surface area contributed by atoms with Gasteiger partial charge < -0.3 is 15.0 Å². The van der Waals surface area contributed by atoms with Crippen LogP contribution in [0.5, 0.6) is 5.75 Å². The lowest BCUT2D eigenvalue weighted by molar-refractivity contribution is -0.133. The second-order valence-electron chi connectivity index (χ2n) is 4.75. The summed E-state index contributed by atoms with van der Waals surface area (Å²) in [6, 6.07) is 7.70. The van der Waals surface area contributed by atoms with Crippen LogP contribution in [0, 0.1) is 5.92 Å². The van der Waals surface area contributed by atoms with E-state index in [4.69, 9.17) is 4.74 Å². The number of amides is 1. The molecule has 1 heterocycles. The number of ether oxygens (including phenoxy) is 1. The van der Waals surface area contributed by atoms with Crippen molar-refractivity contribution in [1.82, 2.24) is 10.2 Å². The van der Waals surface area contributed by atoms with E-state index in [0.717, 1.165) is 29.7 Å². The van der Waals surface area contributed by atoms with Crippen LogP contribution in [0.4, 0.5) is 0 Å². The Morgan fingerprint density at radius 1 is 1.45 bits per heavy atom. The molecule has 20 heavy (non-hydrogen) atoms. The molecule has 2 rings (SSSR count). The zero-order valence-electron chi connectivity index (χ0n) is 11.5. The molecule has 0 aliphatic carbocycles. The van der Waals surface area contributed by atoms with Gasteiger partial charge in [-0.3, -0.25) is 4.79 Å². The maximum atomic E-state index is 12.1. The van der Waals surface area contributed by atoms with E-state index in [-0.39, 0.29) is 24.2 Å². The van der Waals surface area contributed by atoms with Crippen molar-refractivity contribution < 1.29 is 9.53 Å². The largest absolute Gasteiger partial charge is 0.492 e. The third-order valence-electron chi connectivity index (χ3n) is 3.29. The van der Waals surface area contributed by atoms with E-state index in [0.29, 0.717) is 13.2 Å². The lowest BCUT2D eigenvalue weighted by atomic mass is 10.1. The third-order valence-corrected chi connectivity index (χ3v) is 3.82. The van der Waals surface area contributed by atoms with Gasteiger partial charge in [-0.2, -0.15) is 0 Å². The Hall–Kier alpha value is -0.780. The molecule has 0 aromatic heterocycles. The van der Waals surface area contributed by atoms with Gasteiger partial charge in [-0.25, -0.2) is 0 Å². The van der Waals surface area contributed by atoms with Crippen LogP contribution in [0.25, 0.3) is 0 Å². The molecule has 0 saturated carbocycles. The van der Waals surface area contributed by atoms with E-state index in [1.165, 1.54) is 0 Å². The molecule has 1 aromatic carbocycles. The highest BCUT2D eigenvalue weighted by Crippen LogP contribution is 2.16. The maximum Gasteiger partial charge on any atom is 0.226 e. The van der Waals surface area contributed by atoms with Crippen molar-refractivity contribution in [3.8, 4) is 5.75 Å². The number of likely N-dealkylation sites (N-methyl/N-ethyl adjacent to an activating group) is 1. The quantitative estimate of drug-likeness (QED) is 0.873. The minimum absolute atomic E-state index is 0. The molecule has 6 heteroatoms. The predicted molar refractivity (Wildman–Crippen MR) is 85.5 cm³/mol. The van der Waals surface area contributed by atoms with Gasteiger partial charge in [0.1, 0.15) is 12.4 Å². The number of nitrogens with zero attached hydrogens (tertiary/aromatic N) is 1. The summed E-state index contributed by atoms with van der Waals surface area (Å²) in [5, 5.41) is 3.21. The van der Waals surface area contributed by atoms with Crippen molar-refractivity contribution in [3.05, 3.63) is 28.7 Å². The van der Waals surface area contributed by atoms with Gasteiger partial charge >= 0.3 is 0 Å². The van der Waals surface area contributed by atoms with E-state index in [2.05, 4.69) is 21.2 Å². The first-order valence-electron chi connectivity index (χ1n) is 6.51. The van der Waals surface area contributed by atoms with Crippen LogP contribution >= 0.6 is 28.3 Å². The number of benzene rings is 1. The fraction of sp³-hybridized carbons (Fsp3) is 0.500. The van der Waals surface area contributed by atoms with Gasteiger partial charge in [0.05, 0.1) is 12.5 Å². The highest BCUT2D eigenvalue weighted by Gasteiger charge is 2.24. The van der Waals surface area contributed by atoms with Gasteiger partial charge in [-0.05, 0) is 37.2 Å². The average molecular weight is 364 g/mol. The molecule has 1 N–H and O–H groups in total. The lowest BCUT2D eigenvalue weighted by Gasteiger charge is -2.20. The summed E-state index contributed by atoms with van der Waals surface area (Å²) < 4.78 is 6.64. The number of rotatable bonds is 5. The van der Waals surface area contributed by atoms with E-state index >= 15 is 0 Å². The second-order valence-corrected chi connectivity index (χ2v) is 5.67. The average Bonchev–Trinajstić information content (AvgIpc) is 2.94. The molecule has 0 spiro atoms. The summed E-state index contributed by atoms with van der Waals surface area (Å²) >= 11 is 3.38. The molecular formula is C14H20BrClN2O2. The molecule has 1 unspecified atom stereocenters. The highest BCUT2D eigenvalue weighted by molar-refractivity contribution is 9.10. The minimum atomic E-state index is 0. The number of hydrogen-bond donors (Lipinski definition) is 1. The zero-order chi connectivity index (χ0) is 13.7. The Bertz CT molecular complexity index is 422. The number of carbonyl (C=O) groups is 1. The summed E-state index contributed by atoms with van der Waals surface area (Å²) in [5.74, 6) is 1.17. The van der Waals surface area contributed by atoms with Crippen LogP contribution in [0.15, 0.2) is 28.7 Å². The fourth-order valence-corrected chi connectivity index (χ4v) is 2.38. The summed E-state index contributed by atoms with van der Waals surface area (Å²) in [6.45, 7) is 2.88. The van der Waals surface area contributed by atoms with Gasteiger partial charge in [-0.1, -0.05) is 15.9 Å². The Morgan fingerprint density at radius 2 is 2.15 bits per heavy atom. The number of hydrogen-bond acceptors (Lipinski definition) is 3. The van der Waals surface area contributed by atoms with Crippen LogP contribution in [-0.2, 0) is 4.79 Å². The molecule has 112 valence electrons. The number of nitrogens with one attached hydrogen (secondary N) is 1. The molecular weight excluding hydrogens is 344 g/mol. The third kappa shape index (κ3) is 4.96. The van der Waals surface area contributed by atoms with Crippen LogP contribution in [0.1, 0.15) is 6.42 Å². The van der Waals surface area contributed by atoms with E-state index in [1.807, 2.05) is 31.3 Å². The topological polar surface area (TPSA) is 41.6 Å². The van der Waals surface area contributed by atoms with Gasteiger partial charge in [-0.15, -0.1) is 12.4 Å². The Labute approximate surface area is 134 Å². The van der Waals surface area contributed by atoms with Gasteiger partial charge in [0.25, 0.3) is 0 Å². The van der Waals surface area contributed by atoms with Crippen molar-refractivity contribution >= 4 is 34.2 Å². The van der Waals surface area contributed by atoms with Crippen molar-refractivity contribution in [1.29, 1.82) is 0 Å². The number of carbonyl (C=O) groups excluding carboxylic acids is 1. The predicted octanol–water partition coefficient (Wildman–Crippen LogP) is 2.32. The fourth-order valence-electron chi connectivity index (χ4n) is 2.12. The smallest absolute Gasteiger partial charge is 0.226 e. The SMILES string of the molecule is CN(CCOc1ccc(Br)cc1)C(=O)C1CCNC1.Cl. The summed E-state index contributed by atoms with van der Waals surface area (Å²) in [5.41, 5.74) is 0. The molecule has 1 aliphatic rings. The van der Waals surface area contributed by atoms with Crippen LogP contribution < -0.4 is 10.1 Å². The molecule has 1 aliphatic heterocycles. The van der Waals surface area contributed by atoms with Crippen molar-refractivity contribution in [3.63, 3.8) is 0 Å². The van der Waals surface area contributed by atoms with Gasteiger partial charge in [0.15, 0.2) is 0 Å². The van der Waals surface area contributed by atoms with Crippen molar-refractivity contribution in [2.45, 2.75) is 6.42 Å². The summed E-state index contributed by atoms with van der Waals surface area (Å²) in [7, 11) is 1.84. The molecule has 4 nitrogen and oxygen atoms in total. The second kappa shape index (κ2) is 8.49. The van der Waals surface area contributed by atoms with E-state index in [1.54, 1.807) is 4.90 Å². The lowest BCUT2D eigenvalue weighted by Crippen LogP contribution is -2.36. The molecule has 1 aromatic rings. The first kappa shape index (κ1) is 17.3. The molecule has 0 radical (unpaired) electrons. The highest BCUT2D eigenvalue weighted by atomic mass is 79.9. The summed E-state index contributed by atoms with van der Waals surface area (Å²) in [4.78, 5) is 13.8. The molecule has 1 fully saturated rings. The number of halogens is 2. The van der Waals surface area contributed by atoms with E-state index in [9.17, 15) is 4.79 Å². The van der Waals surface area contributed by atoms with Crippen molar-refractivity contribution in [2.24, 2.45) is 5.92 Å². The van der Waals surface area contributed by atoms with Gasteiger partial charge in [0, 0.05) is 18.1 Å². The first-order chi connectivity index (χ1) is 9.16. The van der Waals surface area contributed by atoms with Crippen molar-refractivity contribution in [2.75, 3.05) is 33.3 Å². The maximum absolute atomic E-state index is 12.1. The van der Waals surface area contributed by atoms with Crippen LogP contribution in [-0.4, -0.2) is 44.1 Å². The normalized spacial score (nSPS) is 17.4.